The first-order chi connectivity index (χ1) is 11.4. The van der Waals surface area contributed by atoms with Gasteiger partial charge >= 0.3 is 0 Å². The van der Waals surface area contributed by atoms with E-state index in [4.69, 9.17) is 9.26 Å². The predicted octanol–water partition coefficient (Wildman–Crippen LogP) is 1.71. The molecule has 24 heavy (non-hydrogen) atoms. The zero-order valence-corrected chi connectivity index (χ0v) is 15.9. The molecule has 8 heteroatoms. The number of nitrogens with one attached hydrogen (secondary N) is 1. The molecule has 1 saturated heterocycles. The molecule has 0 saturated carbocycles. The summed E-state index contributed by atoms with van der Waals surface area (Å²) in [5, 5.41) is 3.75. The molecule has 0 aliphatic carbocycles. The SMILES string of the molecule is CCC(CC)C(CNS(=O)(=O)c1c(C)noc1C)N1CCOCC1. The molecular formula is C16H29N3O4S. The first kappa shape index (κ1) is 19.4. The van der Waals surface area contributed by atoms with Crippen LogP contribution in [0, 0.1) is 19.8 Å². The van der Waals surface area contributed by atoms with Crippen LogP contribution >= 0.6 is 0 Å². The fraction of sp³-hybridized carbons (Fsp3) is 0.812. The molecular weight excluding hydrogens is 330 g/mol. The van der Waals surface area contributed by atoms with Crippen LogP contribution in [0.15, 0.2) is 9.42 Å². The molecule has 2 rings (SSSR count). The van der Waals surface area contributed by atoms with Gasteiger partial charge in [0.05, 0.1) is 13.2 Å². The normalized spacial score (nSPS) is 18.2. The molecule has 0 aromatic carbocycles. The van der Waals surface area contributed by atoms with Crippen LogP contribution in [0.3, 0.4) is 0 Å². The summed E-state index contributed by atoms with van der Waals surface area (Å²) in [6.07, 6.45) is 2.04. The van der Waals surface area contributed by atoms with Gasteiger partial charge in [0.15, 0.2) is 5.76 Å². The Bertz CT molecular complexity index is 600. The second-order valence-electron chi connectivity index (χ2n) is 6.30. The standard InChI is InChI=1S/C16H29N3O4S/c1-5-14(6-2)15(19-7-9-22-10-8-19)11-17-24(20,21)16-12(3)18-23-13(16)4/h14-15,17H,5-11H2,1-4H3. The third-order valence-corrected chi connectivity index (χ3v) is 6.49. The summed E-state index contributed by atoms with van der Waals surface area (Å²) in [6.45, 7) is 11.1. The van der Waals surface area contributed by atoms with E-state index in [9.17, 15) is 8.42 Å². The highest BCUT2D eigenvalue weighted by Gasteiger charge is 2.30. The molecule has 0 radical (unpaired) electrons. The van der Waals surface area contributed by atoms with Gasteiger partial charge in [-0.05, 0) is 19.8 Å². The number of aryl methyl sites for hydroxylation is 2. The van der Waals surface area contributed by atoms with E-state index in [0.29, 0.717) is 37.1 Å². The Morgan fingerprint density at radius 2 is 1.83 bits per heavy atom. The van der Waals surface area contributed by atoms with Crippen LogP contribution in [-0.2, 0) is 14.8 Å². The van der Waals surface area contributed by atoms with Crippen molar-refractivity contribution in [3.8, 4) is 0 Å². The fourth-order valence-corrected chi connectivity index (χ4v) is 4.84. The van der Waals surface area contributed by atoms with Crippen LogP contribution in [0.4, 0.5) is 0 Å². The third-order valence-electron chi connectivity index (χ3n) is 4.83. The third kappa shape index (κ3) is 4.36. The zero-order chi connectivity index (χ0) is 17.7. The number of nitrogens with zero attached hydrogens (tertiary/aromatic N) is 2. The number of morpholine rings is 1. The minimum Gasteiger partial charge on any atom is -0.379 e. The van der Waals surface area contributed by atoms with Gasteiger partial charge in [0.25, 0.3) is 0 Å². The Morgan fingerprint density at radius 1 is 1.21 bits per heavy atom. The molecule has 1 unspecified atom stereocenters. The van der Waals surface area contributed by atoms with E-state index >= 15 is 0 Å². The maximum atomic E-state index is 12.7. The van der Waals surface area contributed by atoms with Crippen LogP contribution < -0.4 is 4.72 Å². The second-order valence-corrected chi connectivity index (χ2v) is 8.00. The topological polar surface area (TPSA) is 84.7 Å². The molecule has 1 aromatic rings. The molecule has 1 N–H and O–H groups in total. The van der Waals surface area contributed by atoms with Crippen LogP contribution in [0.5, 0.6) is 0 Å². The van der Waals surface area contributed by atoms with Gasteiger partial charge in [0, 0.05) is 25.7 Å². The fourth-order valence-electron chi connectivity index (χ4n) is 3.46. The molecule has 1 aromatic heterocycles. The zero-order valence-electron chi connectivity index (χ0n) is 15.0. The number of ether oxygens (including phenoxy) is 1. The Hall–Kier alpha value is -0.960. The lowest BCUT2D eigenvalue weighted by atomic mass is 9.92. The molecule has 0 spiro atoms. The summed E-state index contributed by atoms with van der Waals surface area (Å²) in [5.74, 6) is 0.765. The summed E-state index contributed by atoms with van der Waals surface area (Å²) in [4.78, 5) is 2.50. The predicted molar refractivity (Wildman–Crippen MR) is 91.4 cm³/mol. The summed E-state index contributed by atoms with van der Waals surface area (Å²) in [5.41, 5.74) is 0.394. The molecule has 0 bridgehead atoms. The molecule has 7 nitrogen and oxygen atoms in total. The highest BCUT2D eigenvalue weighted by Crippen LogP contribution is 2.22. The van der Waals surface area contributed by atoms with Gasteiger partial charge in [-0.15, -0.1) is 0 Å². The summed E-state index contributed by atoms with van der Waals surface area (Å²) >= 11 is 0. The van der Waals surface area contributed by atoms with E-state index in [1.54, 1.807) is 13.8 Å². The van der Waals surface area contributed by atoms with Gasteiger partial charge in [-0.1, -0.05) is 31.8 Å². The average Bonchev–Trinajstić information content (AvgIpc) is 2.91. The van der Waals surface area contributed by atoms with Gasteiger partial charge in [-0.3, -0.25) is 4.90 Å². The van der Waals surface area contributed by atoms with Gasteiger partial charge in [-0.2, -0.15) is 0 Å². The lowest BCUT2D eigenvalue weighted by molar-refractivity contribution is 0.00297. The Kier molecular flexibility index (Phi) is 6.79. The smallest absolute Gasteiger partial charge is 0.246 e. The van der Waals surface area contributed by atoms with Gasteiger partial charge in [0.2, 0.25) is 10.0 Å². The largest absolute Gasteiger partial charge is 0.379 e. The number of hydrogen-bond donors (Lipinski definition) is 1. The minimum absolute atomic E-state index is 0.160. The van der Waals surface area contributed by atoms with Crippen molar-refractivity contribution < 1.29 is 17.7 Å². The van der Waals surface area contributed by atoms with Crippen molar-refractivity contribution in [2.24, 2.45) is 5.92 Å². The Morgan fingerprint density at radius 3 is 2.33 bits per heavy atom. The summed E-state index contributed by atoms with van der Waals surface area (Å²) in [7, 11) is -3.63. The Balaban J connectivity index is 2.14. The number of rotatable bonds is 8. The lowest BCUT2D eigenvalue weighted by Gasteiger charge is -2.38. The van der Waals surface area contributed by atoms with E-state index in [0.717, 1.165) is 25.9 Å². The molecule has 0 amide bonds. The van der Waals surface area contributed by atoms with E-state index in [2.05, 4.69) is 28.6 Å². The van der Waals surface area contributed by atoms with E-state index < -0.39 is 10.0 Å². The molecule has 138 valence electrons. The Labute approximate surface area is 144 Å². The van der Waals surface area contributed by atoms with E-state index in [1.807, 2.05) is 0 Å². The number of sulfonamides is 1. The van der Waals surface area contributed by atoms with Crippen molar-refractivity contribution in [3.63, 3.8) is 0 Å². The van der Waals surface area contributed by atoms with Crippen molar-refractivity contribution in [1.29, 1.82) is 0 Å². The first-order valence-electron chi connectivity index (χ1n) is 8.65. The monoisotopic (exact) mass is 359 g/mol. The first-order valence-corrected chi connectivity index (χ1v) is 10.1. The van der Waals surface area contributed by atoms with Crippen LogP contribution in [-0.4, -0.2) is 57.4 Å². The molecule has 1 aliphatic heterocycles. The number of aromatic nitrogens is 1. The maximum absolute atomic E-state index is 12.7. The van der Waals surface area contributed by atoms with Gasteiger partial charge in [0.1, 0.15) is 10.6 Å². The van der Waals surface area contributed by atoms with Gasteiger partial charge in [-0.25, -0.2) is 13.1 Å². The second kappa shape index (κ2) is 8.42. The van der Waals surface area contributed by atoms with Crippen LogP contribution in [0.2, 0.25) is 0 Å². The van der Waals surface area contributed by atoms with E-state index in [-0.39, 0.29) is 10.9 Å². The quantitative estimate of drug-likeness (QED) is 0.760. The van der Waals surface area contributed by atoms with Crippen molar-refractivity contribution in [3.05, 3.63) is 11.5 Å². The van der Waals surface area contributed by atoms with Crippen molar-refractivity contribution >= 4 is 10.0 Å². The highest BCUT2D eigenvalue weighted by atomic mass is 32.2. The summed E-state index contributed by atoms with van der Waals surface area (Å²) in [6, 6.07) is 0.166. The molecule has 1 fully saturated rings. The molecule has 2 heterocycles. The molecule has 1 aliphatic rings. The number of hydrogen-bond acceptors (Lipinski definition) is 6. The van der Waals surface area contributed by atoms with Crippen LogP contribution in [0.25, 0.3) is 0 Å². The lowest BCUT2D eigenvalue weighted by Crippen LogP contribution is -2.52. The van der Waals surface area contributed by atoms with Gasteiger partial charge < -0.3 is 9.26 Å². The maximum Gasteiger partial charge on any atom is 0.246 e. The van der Waals surface area contributed by atoms with Crippen molar-refractivity contribution in [1.82, 2.24) is 14.8 Å². The van der Waals surface area contributed by atoms with Crippen molar-refractivity contribution in [2.45, 2.75) is 51.5 Å². The average molecular weight is 359 g/mol. The highest BCUT2D eigenvalue weighted by molar-refractivity contribution is 7.89. The molecule has 1 atom stereocenters. The van der Waals surface area contributed by atoms with E-state index in [1.165, 1.54) is 0 Å². The minimum atomic E-state index is -3.63. The van der Waals surface area contributed by atoms with Crippen LogP contribution in [0.1, 0.15) is 38.1 Å². The summed E-state index contributed by atoms with van der Waals surface area (Å²) < 4.78 is 38.5. The van der Waals surface area contributed by atoms with Crippen molar-refractivity contribution in [2.75, 3.05) is 32.8 Å².